The minimum Gasteiger partial charge on any atom is -0.487 e. The smallest absolute Gasteiger partial charge is 0.172 e. The van der Waals surface area contributed by atoms with Crippen LogP contribution in [-0.4, -0.2) is 45.4 Å². The minimum absolute atomic E-state index is 0.0421. The third-order valence-corrected chi connectivity index (χ3v) is 4.88. The van der Waals surface area contributed by atoms with E-state index in [9.17, 15) is 19.0 Å². The second-order valence-corrected chi connectivity index (χ2v) is 7.74. The highest BCUT2D eigenvalue weighted by molar-refractivity contribution is 5.62. The molecule has 30 heavy (non-hydrogen) atoms. The summed E-state index contributed by atoms with van der Waals surface area (Å²) < 4.78 is 32.7. The molecule has 9 heteroatoms. The molecule has 0 saturated carbocycles. The summed E-state index contributed by atoms with van der Waals surface area (Å²) in [7, 11) is 0. The van der Waals surface area contributed by atoms with Gasteiger partial charge in [0.1, 0.15) is 11.9 Å². The van der Waals surface area contributed by atoms with E-state index in [1.807, 2.05) is 18.7 Å². The van der Waals surface area contributed by atoms with Crippen LogP contribution in [0.25, 0.3) is 0 Å². The lowest BCUT2D eigenvalue weighted by Crippen LogP contribution is -2.39. The van der Waals surface area contributed by atoms with Gasteiger partial charge < -0.3 is 25.2 Å². The van der Waals surface area contributed by atoms with Crippen LogP contribution in [0.1, 0.15) is 51.1 Å². The molecule has 1 aromatic heterocycles. The van der Waals surface area contributed by atoms with Gasteiger partial charge in [-0.25, -0.2) is 18.7 Å². The van der Waals surface area contributed by atoms with Crippen molar-refractivity contribution in [3.05, 3.63) is 41.2 Å². The van der Waals surface area contributed by atoms with Crippen molar-refractivity contribution in [3.63, 3.8) is 0 Å². The highest BCUT2D eigenvalue weighted by Crippen LogP contribution is 2.30. The Kier molecular flexibility index (Phi) is 7.04. The van der Waals surface area contributed by atoms with Crippen molar-refractivity contribution < 1.29 is 23.7 Å². The van der Waals surface area contributed by atoms with Crippen LogP contribution in [0.5, 0.6) is 5.75 Å². The van der Waals surface area contributed by atoms with Gasteiger partial charge in [0, 0.05) is 38.0 Å². The van der Waals surface area contributed by atoms with Crippen molar-refractivity contribution in [3.8, 4) is 5.75 Å². The molecule has 7 nitrogen and oxygen atoms in total. The molecule has 0 bridgehead atoms. The number of nitrogens with zero attached hydrogens (tertiary/aromatic N) is 3. The van der Waals surface area contributed by atoms with Crippen LogP contribution >= 0.6 is 0 Å². The van der Waals surface area contributed by atoms with Gasteiger partial charge in [0.25, 0.3) is 0 Å². The third-order valence-electron chi connectivity index (χ3n) is 4.88. The van der Waals surface area contributed by atoms with Crippen LogP contribution in [0.4, 0.5) is 20.4 Å². The number of ether oxygens (including phenoxy) is 1. The topological polar surface area (TPSA) is 90.7 Å². The normalized spacial score (nSPS) is 16.1. The zero-order valence-electron chi connectivity index (χ0n) is 17.4. The predicted molar refractivity (Wildman–Crippen MR) is 110 cm³/mol. The van der Waals surface area contributed by atoms with E-state index in [0.29, 0.717) is 49.0 Å². The molecular weight excluding hydrogens is 394 g/mol. The molecule has 0 spiro atoms. The molecule has 0 amide bonds. The molecule has 164 valence electrons. The molecule has 0 radical (unpaired) electrons. The first-order valence-electron chi connectivity index (χ1n) is 10.1. The predicted octanol–water partition coefficient (Wildman–Crippen LogP) is 3.17. The number of nitrogens with one attached hydrogen (secondary N) is 1. The summed E-state index contributed by atoms with van der Waals surface area (Å²) in [6, 6.07) is 3.39. The number of hydrogen-bond acceptors (Lipinski definition) is 7. The number of hydrogen-bond donors (Lipinski definition) is 3. The average Bonchev–Trinajstić information content (AvgIpc) is 2.70. The Morgan fingerprint density at radius 1 is 1.20 bits per heavy atom. The van der Waals surface area contributed by atoms with Gasteiger partial charge in [0.2, 0.25) is 0 Å². The summed E-state index contributed by atoms with van der Waals surface area (Å²) in [5.41, 5.74) is 0.676. The van der Waals surface area contributed by atoms with E-state index in [-0.39, 0.29) is 24.5 Å². The lowest BCUT2D eigenvalue weighted by molar-refractivity contribution is 0.163. The maximum absolute atomic E-state index is 13.9. The lowest BCUT2D eigenvalue weighted by atomic mass is 10.1. The fraction of sp³-hybridized carbons (Fsp3) is 0.524. The first kappa shape index (κ1) is 22.2. The molecular formula is C21H28F2N4O3. The number of halogens is 2. The van der Waals surface area contributed by atoms with E-state index in [4.69, 9.17) is 4.74 Å². The minimum atomic E-state index is -0.867. The summed E-state index contributed by atoms with van der Waals surface area (Å²) in [4.78, 5) is 11.1. The maximum atomic E-state index is 13.9. The highest BCUT2D eigenvalue weighted by atomic mass is 19.1. The van der Waals surface area contributed by atoms with Crippen molar-refractivity contribution in [2.75, 3.05) is 23.3 Å². The molecule has 1 aromatic carbocycles. The third kappa shape index (κ3) is 5.14. The van der Waals surface area contributed by atoms with Gasteiger partial charge in [-0.1, -0.05) is 0 Å². The average molecular weight is 422 g/mol. The summed E-state index contributed by atoms with van der Waals surface area (Å²) in [5.74, 6) is -0.169. The zero-order chi connectivity index (χ0) is 21.8. The van der Waals surface area contributed by atoms with Crippen LogP contribution in [0.3, 0.4) is 0 Å². The number of aromatic nitrogens is 2. The first-order chi connectivity index (χ1) is 14.3. The van der Waals surface area contributed by atoms with E-state index in [1.54, 1.807) is 6.92 Å². The van der Waals surface area contributed by atoms with Crippen LogP contribution in [0.15, 0.2) is 18.2 Å². The van der Waals surface area contributed by atoms with E-state index in [0.717, 1.165) is 6.07 Å². The van der Waals surface area contributed by atoms with Gasteiger partial charge in [-0.05, 0) is 32.9 Å². The molecule has 0 aliphatic carbocycles. The molecule has 1 saturated heterocycles. The van der Waals surface area contributed by atoms with Gasteiger partial charge >= 0.3 is 0 Å². The number of piperidine rings is 1. The number of rotatable bonds is 7. The Bertz CT molecular complexity index is 872. The van der Waals surface area contributed by atoms with Crippen molar-refractivity contribution in [1.29, 1.82) is 0 Å². The molecule has 3 rings (SSSR count). The molecule has 3 N–H and O–H groups in total. The standard InChI is InChI=1S/C21H28F2N4O3/c1-12(2)24-20-21(26-19(13(3)29)17(11-28)25-20)27-8-6-15(7-9-27)30-18-5-4-14(22)10-16(18)23/h4-5,10,12-13,15,28-29H,6-9,11H2,1-3H3,(H,24,25). The van der Waals surface area contributed by atoms with Crippen LogP contribution in [0, 0.1) is 11.6 Å². The van der Waals surface area contributed by atoms with Crippen LogP contribution in [0.2, 0.25) is 0 Å². The number of benzene rings is 1. The molecule has 1 aliphatic heterocycles. The summed E-state index contributed by atoms with van der Waals surface area (Å²) in [6.45, 7) is 6.40. The fourth-order valence-corrected chi connectivity index (χ4v) is 3.45. The Morgan fingerprint density at radius 2 is 1.90 bits per heavy atom. The van der Waals surface area contributed by atoms with Gasteiger partial charge in [0.15, 0.2) is 23.2 Å². The second kappa shape index (κ2) is 9.53. The number of aliphatic hydroxyl groups is 2. The largest absolute Gasteiger partial charge is 0.487 e. The van der Waals surface area contributed by atoms with E-state index < -0.39 is 17.7 Å². The van der Waals surface area contributed by atoms with E-state index in [1.165, 1.54) is 12.1 Å². The number of anilines is 2. The van der Waals surface area contributed by atoms with Crippen LogP contribution in [-0.2, 0) is 6.61 Å². The summed E-state index contributed by atoms with van der Waals surface area (Å²) >= 11 is 0. The maximum Gasteiger partial charge on any atom is 0.172 e. The molecule has 2 heterocycles. The van der Waals surface area contributed by atoms with Gasteiger partial charge in [0.05, 0.1) is 24.1 Å². The highest BCUT2D eigenvalue weighted by Gasteiger charge is 2.27. The van der Waals surface area contributed by atoms with Crippen molar-refractivity contribution in [1.82, 2.24) is 9.97 Å². The summed E-state index contributed by atoms with van der Waals surface area (Å²) in [5, 5.41) is 22.9. The molecule has 1 unspecified atom stereocenters. The van der Waals surface area contributed by atoms with Crippen molar-refractivity contribution >= 4 is 11.6 Å². The fourth-order valence-electron chi connectivity index (χ4n) is 3.45. The Balaban J connectivity index is 1.77. The first-order valence-corrected chi connectivity index (χ1v) is 10.1. The Hall–Kier alpha value is -2.52. The molecule has 2 aromatic rings. The second-order valence-electron chi connectivity index (χ2n) is 7.74. The zero-order valence-corrected chi connectivity index (χ0v) is 17.4. The van der Waals surface area contributed by atoms with Gasteiger partial charge in [-0.3, -0.25) is 0 Å². The molecule has 1 aliphatic rings. The van der Waals surface area contributed by atoms with Crippen LogP contribution < -0.4 is 15.0 Å². The van der Waals surface area contributed by atoms with Gasteiger partial charge in [-0.15, -0.1) is 0 Å². The van der Waals surface area contributed by atoms with E-state index >= 15 is 0 Å². The number of aliphatic hydroxyl groups excluding tert-OH is 2. The Labute approximate surface area is 174 Å². The van der Waals surface area contributed by atoms with Crippen molar-refractivity contribution in [2.45, 2.75) is 58.5 Å². The summed E-state index contributed by atoms with van der Waals surface area (Å²) in [6.07, 6.45) is 0.161. The quantitative estimate of drug-likeness (QED) is 0.631. The monoisotopic (exact) mass is 422 g/mol. The molecule has 1 atom stereocenters. The van der Waals surface area contributed by atoms with E-state index in [2.05, 4.69) is 15.3 Å². The SMILES string of the molecule is CC(C)Nc1nc(CO)c(C(C)O)nc1N1CCC(Oc2ccc(F)cc2F)CC1. The Morgan fingerprint density at radius 3 is 2.47 bits per heavy atom. The van der Waals surface area contributed by atoms with Gasteiger partial charge in [-0.2, -0.15) is 0 Å². The van der Waals surface area contributed by atoms with Crippen molar-refractivity contribution in [2.24, 2.45) is 0 Å². The lowest BCUT2D eigenvalue weighted by Gasteiger charge is -2.34. The molecule has 1 fully saturated rings.